The summed E-state index contributed by atoms with van der Waals surface area (Å²) in [5.41, 5.74) is 1.90. The zero-order chi connectivity index (χ0) is 15.6. The zero-order valence-corrected chi connectivity index (χ0v) is 12.3. The van der Waals surface area contributed by atoms with Crippen LogP contribution in [0, 0.1) is 5.92 Å². The fraction of sp³-hybridized carbons (Fsp3) is 0.375. The van der Waals surface area contributed by atoms with Crippen LogP contribution in [-0.4, -0.2) is 41.0 Å². The molecule has 0 radical (unpaired) electrons. The largest absolute Gasteiger partial charge is 0.396 e. The second kappa shape index (κ2) is 6.10. The first-order valence-corrected chi connectivity index (χ1v) is 6.96. The molecule has 0 fully saturated rings. The summed E-state index contributed by atoms with van der Waals surface area (Å²) in [6.45, 7) is 7.51. The summed E-state index contributed by atoms with van der Waals surface area (Å²) in [5, 5.41) is 11.9. The third-order valence-corrected chi connectivity index (χ3v) is 3.87. The molecular formula is C16H20N2O3. The predicted octanol–water partition coefficient (Wildman–Crippen LogP) is 1.25. The minimum absolute atomic E-state index is 0.00222. The molecule has 0 aromatic heterocycles. The van der Waals surface area contributed by atoms with Gasteiger partial charge in [0, 0.05) is 29.5 Å². The Morgan fingerprint density at radius 3 is 2.52 bits per heavy atom. The van der Waals surface area contributed by atoms with Gasteiger partial charge in [-0.15, -0.1) is 0 Å². The SMILES string of the molecule is C=C1c2ccccc2C(=O)N1CC(=O)NC(C)C(C)CO. The van der Waals surface area contributed by atoms with E-state index < -0.39 is 0 Å². The van der Waals surface area contributed by atoms with E-state index in [1.165, 1.54) is 4.90 Å². The Labute approximate surface area is 124 Å². The summed E-state index contributed by atoms with van der Waals surface area (Å²) in [5.74, 6) is -0.498. The molecule has 21 heavy (non-hydrogen) atoms. The number of carbonyl (C=O) groups is 2. The number of benzene rings is 1. The minimum Gasteiger partial charge on any atom is -0.396 e. The van der Waals surface area contributed by atoms with Crippen LogP contribution in [0.2, 0.25) is 0 Å². The number of nitrogens with one attached hydrogen (secondary N) is 1. The fourth-order valence-electron chi connectivity index (χ4n) is 2.25. The highest BCUT2D eigenvalue weighted by Gasteiger charge is 2.32. The highest BCUT2D eigenvalue weighted by Crippen LogP contribution is 2.30. The molecule has 2 N–H and O–H groups in total. The summed E-state index contributed by atoms with van der Waals surface area (Å²) in [6, 6.07) is 7.03. The molecule has 0 bridgehead atoms. The number of aliphatic hydroxyl groups is 1. The highest BCUT2D eigenvalue weighted by molar-refractivity contribution is 6.10. The lowest BCUT2D eigenvalue weighted by Gasteiger charge is -2.22. The third kappa shape index (κ3) is 2.97. The van der Waals surface area contributed by atoms with Gasteiger partial charge in [-0.2, -0.15) is 0 Å². The number of nitrogens with zero attached hydrogens (tertiary/aromatic N) is 1. The van der Waals surface area contributed by atoms with E-state index in [0.717, 1.165) is 5.56 Å². The molecule has 1 aliphatic rings. The van der Waals surface area contributed by atoms with Crippen LogP contribution in [0.5, 0.6) is 0 Å². The molecule has 2 rings (SSSR count). The Bertz CT molecular complexity index is 548. The van der Waals surface area contributed by atoms with Crippen molar-refractivity contribution in [2.75, 3.05) is 13.2 Å². The quantitative estimate of drug-likeness (QED) is 0.856. The maximum Gasteiger partial charge on any atom is 0.259 e. The molecule has 1 aliphatic heterocycles. The molecular weight excluding hydrogens is 268 g/mol. The van der Waals surface area contributed by atoms with E-state index in [1.54, 1.807) is 12.1 Å². The van der Waals surface area contributed by atoms with Crippen molar-refractivity contribution >= 4 is 17.5 Å². The van der Waals surface area contributed by atoms with Gasteiger partial charge in [0.15, 0.2) is 0 Å². The standard InChI is InChI=1S/C16H20N2O3/c1-10(9-19)11(2)17-15(20)8-18-12(3)13-6-4-5-7-14(13)16(18)21/h4-7,10-11,19H,3,8-9H2,1-2H3,(H,17,20). The van der Waals surface area contributed by atoms with Crippen LogP contribution < -0.4 is 5.32 Å². The average Bonchev–Trinajstić information content (AvgIpc) is 2.72. The molecule has 5 heteroatoms. The average molecular weight is 288 g/mol. The second-order valence-electron chi connectivity index (χ2n) is 5.40. The number of rotatable bonds is 5. The predicted molar refractivity (Wildman–Crippen MR) is 80.4 cm³/mol. The molecule has 2 atom stereocenters. The van der Waals surface area contributed by atoms with E-state index in [9.17, 15) is 9.59 Å². The van der Waals surface area contributed by atoms with Gasteiger partial charge in [0.05, 0.1) is 0 Å². The Morgan fingerprint density at radius 2 is 1.95 bits per heavy atom. The van der Waals surface area contributed by atoms with Gasteiger partial charge >= 0.3 is 0 Å². The summed E-state index contributed by atoms with van der Waals surface area (Å²) in [4.78, 5) is 25.7. The van der Waals surface area contributed by atoms with E-state index in [4.69, 9.17) is 5.11 Å². The van der Waals surface area contributed by atoms with Gasteiger partial charge in [-0.3, -0.25) is 14.5 Å². The Balaban J connectivity index is 2.03. The van der Waals surface area contributed by atoms with Crippen molar-refractivity contribution in [3.05, 3.63) is 42.0 Å². The Hall–Kier alpha value is -2.14. The van der Waals surface area contributed by atoms with Crippen molar-refractivity contribution < 1.29 is 14.7 Å². The van der Waals surface area contributed by atoms with Crippen LogP contribution in [0.15, 0.2) is 30.8 Å². The Morgan fingerprint density at radius 1 is 1.33 bits per heavy atom. The summed E-state index contributed by atoms with van der Waals surface area (Å²) < 4.78 is 0. The van der Waals surface area contributed by atoms with Crippen molar-refractivity contribution in [2.45, 2.75) is 19.9 Å². The molecule has 0 aliphatic carbocycles. The molecule has 112 valence electrons. The first-order valence-electron chi connectivity index (χ1n) is 6.96. The molecule has 1 heterocycles. The maximum absolute atomic E-state index is 12.3. The molecule has 0 spiro atoms. The molecule has 2 amide bonds. The first kappa shape index (κ1) is 15.3. The summed E-state index contributed by atoms with van der Waals surface area (Å²) in [7, 11) is 0. The number of aliphatic hydroxyl groups excluding tert-OH is 1. The molecule has 1 aromatic carbocycles. The first-order chi connectivity index (χ1) is 9.95. The van der Waals surface area contributed by atoms with Crippen molar-refractivity contribution in [2.24, 2.45) is 5.92 Å². The van der Waals surface area contributed by atoms with Gasteiger partial charge in [0.25, 0.3) is 5.91 Å². The lowest BCUT2D eigenvalue weighted by atomic mass is 10.1. The fourth-order valence-corrected chi connectivity index (χ4v) is 2.25. The number of amides is 2. The van der Waals surface area contributed by atoms with E-state index in [1.807, 2.05) is 26.0 Å². The normalized spacial score (nSPS) is 16.6. The van der Waals surface area contributed by atoms with E-state index in [0.29, 0.717) is 11.3 Å². The van der Waals surface area contributed by atoms with E-state index >= 15 is 0 Å². The highest BCUT2D eigenvalue weighted by atomic mass is 16.3. The molecule has 1 aromatic rings. The number of carbonyl (C=O) groups excluding carboxylic acids is 2. The molecule has 5 nitrogen and oxygen atoms in total. The topological polar surface area (TPSA) is 69.6 Å². The summed E-state index contributed by atoms with van der Waals surface area (Å²) >= 11 is 0. The number of hydrogen-bond acceptors (Lipinski definition) is 3. The third-order valence-electron chi connectivity index (χ3n) is 3.87. The van der Waals surface area contributed by atoms with Gasteiger partial charge in [0.1, 0.15) is 6.54 Å². The van der Waals surface area contributed by atoms with Crippen molar-refractivity contribution in [1.82, 2.24) is 10.2 Å². The lowest BCUT2D eigenvalue weighted by Crippen LogP contribution is -2.43. The van der Waals surface area contributed by atoms with E-state index in [2.05, 4.69) is 11.9 Å². The lowest BCUT2D eigenvalue weighted by molar-refractivity contribution is -0.122. The summed E-state index contributed by atoms with van der Waals surface area (Å²) in [6.07, 6.45) is 0. The van der Waals surface area contributed by atoms with Crippen LogP contribution >= 0.6 is 0 Å². The zero-order valence-electron chi connectivity index (χ0n) is 12.3. The van der Waals surface area contributed by atoms with Crippen molar-refractivity contribution in [1.29, 1.82) is 0 Å². The molecule has 2 unspecified atom stereocenters. The molecule has 0 saturated carbocycles. The van der Waals surface area contributed by atoms with Crippen molar-refractivity contribution in [3.63, 3.8) is 0 Å². The van der Waals surface area contributed by atoms with Gasteiger partial charge in [-0.05, 0) is 18.9 Å². The maximum atomic E-state index is 12.3. The van der Waals surface area contributed by atoms with Crippen LogP contribution in [-0.2, 0) is 4.79 Å². The molecule has 0 saturated heterocycles. The van der Waals surface area contributed by atoms with Gasteiger partial charge in [-0.1, -0.05) is 31.7 Å². The minimum atomic E-state index is -0.259. The van der Waals surface area contributed by atoms with Crippen LogP contribution in [0.4, 0.5) is 0 Å². The Kier molecular flexibility index (Phi) is 4.43. The van der Waals surface area contributed by atoms with Gasteiger partial charge in [-0.25, -0.2) is 0 Å². The van der Waals surface area contributed by atoms with Crippen LogP contribution in [0.3, 0.4) is 0 Å². The second-order valence-corrected chi connectivity index (χ2v) is 5.40. The smallest absolute Gasteiger partial charge is 0.259 e. The number of fused-ring (bicyclic) bond motifs is 1. The van der Waals surface area contributed by atoms with Gasteiger partial charge in [0.2, 0.25) is 5.91 Å². The van der Waals surface area contributed by atoms with Crippen LogP contribution in [0.1, 0.15) is 29.8 Å². The van der Waals surface area contributed by atoms with E-state index in [-0.39, 0.29) is 36.9 Å². The van der Waals surface area contributed by atoms with Crippen molar-refractivity contribution in [3.8, 4) is 0 Å². The monoisotopic (exact) mass is 288 g/mol. The number of hydrogen-bond donors (Lipinski definition) is 2. The van der Waals surface area contributed by atoms with Crippen LogP contribution in [0.25, 0.3) is 5.70 Å². The van der Waals surface area contributed by atoms with Gasteiger partial charge < -0.3 is 10.4 Å².